The third kappa shape index (κ3) is 2.14. The molecule has 5 nitrogen and oxygen atoms in total. The molecule has 2 atom stereocenters. The molecule has 0 amide bonds. The van der Waals surface area contributed by atoms with Gasteiger partial charge in [-0.05, 0) is 19.1 Å². The molecule has 1 aromatic heterocycles. The van der Waals surface area contributed by atoms with Crippen LogP contribution in [0.25, 0.3) is 0 Å². The van der Waals surface area contributed by atoms with Gasteiger partial charge in [0.2, 0.25) is 0 Å². The highest BCUT2D eigenvalue weighted by molar-refractivity contribution is 5.44. The Morgan fingerprint density at radius 3 is 2.85 bits per heavy atom. The minimum Gasteiger partial charge on any atom is -0.497 e. The van der Waals surface area contributed by atoms with E-state index in [-0.39, 0.29) is 6.10 Å². The van der Waals surface area contributed by atoms with Crippen molar-refractivity contribution in [3.8, 4) is 11.5 Å². The number of aromatic nitrogens is 2. The molecule has 1 aliphatic heterocycles. The lowest BCUT2D eigenvalue weighted by Crippen LogP contribution is -2.19. The van der Waals surface area contributed by atoms with Gasteiger partial charge in [-0.2, -0.15) is 5.10 Å². The summed E-state index contributed by atoms with van der Waals surface area (Å²) in [5.74, 6) is 1.40. The van der Waals surface area contributed by atoms with E-state index in [4.69, 9.17) is 9.47 Å². The minimum absolute atomic E-state index is 0.182. The van der Waals surface area contributed by atoms with Gasteiger partial charge >= 0.3 is 0 Å². The van der Waals surface area contributed by atoms with Crippen molar-refractivity contribution >= 4 is 0 Å². The van der Waals surface area contributed by atoms with Crippen molar-refractivity contribution in [2.45, 2.75) is 25.6 Å². The van der Waals surface area contributed by atoms with Crippen LogP contribution in [0, 0.1) is 6.92 Å². The van der Waals surface area contributed by atoms with Crippen LogP contribution in [0.1, 0.15) is 35.4 Å². The first-order valence-electron chi connectivity index (χ1n) is 6.61. The van der Waals surface area contributed by atoms with Crippen LogP contribution in [-0.2, 0) is 7.05 Å². The molecule has 1 aromatic carbocycles. The van der Waals surface area contributed by atoms with E-state index in [1.165, 1.54) is 0 Å². The lowest BCUT2D eigenvalue weighted by Gasteiger charge is -2.29. The maximum atomic E-state index is 10.3. The summed E-state index contributed by atoms with van der Waals surface area (Å²) in [6.07, 6.45) is 1.76. The Hall–Kier alpha value is -2.01. The van der Waals surface area contributed by atoms with Crippen molar-refractivity contribution in [3.63, 3.8) is 0 Å². The van der Waals surface area contributed by atoms with Gasteiger partial charge in [-0.15, -0.1) is 0 Å². The van der Waals surface area contributed by atoms with E-state index in [9.17, 15) is 5.11 Å². The van der Waals surface area contributed by atoms with Crippen LogP contribution in [0.3, 0.4) is 0 Å². The van der Waals surface area contributed by atoms with E-state index in [0.717, 1.165) is 22.6 Å². The van der Waals surface area contributed by atoms with Crippen molar-refractivity contribution in [1.82, 2.24) is 9.78 Å². The summed E-state index contributed by atoms with van der Waals surface area (Å²) >= 11 is 0. The predicted molar refractivity (Wildman–Crippen MR) is 73.9 cm³/mol. The van der Waals surface area contributed by atoms with Gasteiger partial charge in [-0.25, -0.2) is 0 Å². The number of fused-ring (bicyclic) bond motifs is 1. The van der Waals surface area contributed by atoms with Crippen LogP contribution in [0.5, 0.6) is 11.5 Å². The first-order valence-corrected chi connectivity index (χ1v) is 6.61. The molecule has 0 saturated carbocycles. The lowest BCUT2D eigenvalue weighted by molar-refractivity contribution is 0.0652. The zero-order valence-corrected chi connectivity index (χ0v) is 11.8. The first-order chi connectivity index (χ1) is 9.58. The second-order valence-electron chi connectivity index (χ2n) is 5.11. The number of ether oxygens (including phenoxy) is 2. The van der Waals surface area contributed by atoms with Gasteiger partial charge in [0.05, 0.1) is 18.9 Å². The normalized spacial score (nSPS) is 21.2. The van der Waals surface area contributed by atoms with Gasteiger partial charge in [0, 0.05) is 36.9 Å². The molecule has 20 heavy (non-hydrogen) atoms. The van der Waals surface area contributed by atoms with Gasteiger partial charge in [0.1, 0.15) is 17.6 Å². The van der Waals surface area contributed by atoms with E-state index in [0.29, 0.717) is 12.2 Å². The number of benzene rings is 1. The molecule has 0 fully saturated rings. The summed E-state index contributed by atoms with van der Waals surface area (Å²) in [6, 6.07) is 5.50. The summed E-state index contributed by atoms with van der Waals surface area (Å²) in [7, 11) is 3.50. The first kappa shape index (κ1) is 13.0. The molecule has 2 heterocycles. The maximum Gasteiger partial charge on any atom is 0.130 e. The van der Waals surface area contributed by atoms with Crippen molar-refractivity contribution in [1.29, 1.82) is 0 Å². The number of hydrogen-bond acceptors (Lipinski definition) is 4. The van der Waals surface area contributed by atoms with Gasteiger partial charge in [-0.1, -0.05) is 0 Å². The average molecular weight is 274 g/mol. The summed E-state index contributed by atoms with van der Waals surface area (Å²) in [5, 5.41) is 14.6. The Morgan fingerprint density at radius 2 is 2.20 bits per heavy atom. The third-order valence-electron chi connectivity index (χ3n) is 3.68. The Bertz CT molecular complexity index is 636. The average Bonchev–Trinajstić information content (AvgIpc) is 2.77. The fraction of sp³-hybridized carbons (Fsp3) is 0.400. The topological polar surface area (TPSA) is 56.5 Å². The fourth-order valence-corrected chi connectivity index (χ4v) is 2.67. The number of aliphatic hydroxyl groups excluding tert-OH is 1. The molecular formula is C15H18N2O3. The van der Waals surface area contributed by atoms with Crippen LogP contribution in [0.15, 0.2) is 24.4 Å². The van der Waals surface area contributed by atoms with Crippen LogP contribution in [0.4, 0.5) is 0 Å². The Balaban J connectivity index is 1.96. The van der Waals surface area contributed by atoms with Gasteiger partial charge in [0.15, 0.2) is 0 Å². The number of aryl methyl sites for hydroxylation is 2. The van der Waals surface area contributed by atoms with Crippen LogP contribution in [0.2, 0.25) is 0 Å². The highest BCUT2D eigenvalue weighted by atomic mass is 16.5. The molecular weight excluding hydrogens is 256 g/mol. The molecule has 0 saturated heterocycles. The van der Waals surface area contributed by atoms with Gasteiger partial charge < -0.3 is 14.6 Å². The molecule has 0 radical (unpaired) electrons. The summed E-state index contributed by atoms with van der Waals surface area (Å²) in [4.78, 5) is 0. The quantitative estimate of drug-likeness (QED) is 0.913. The SMILES string of the molecule is COc1ccc2c(c1)OC(c1cn(C)nc1C)C[C@@H]2O. The van der Waals surface area contributed by atoms with E-state index in [1.807, 2.05) is 38.4 Å². The zero-order valence-electron chi connectivity index (χ0n) is 11.8. The summed E-state index contributed by atoms with van der Waals surface area (Å²) in [5.41, 5.74) is 2.75. The van der Waals surface area contributed by atoms with E-state index < -0.39 is 6.10 Å². The summed E-state index contributed by atoms with van der Waals surface area (Å²) in [6.45, 7) is 1.95. The largest absolute Gasteiger partial charge is 0.497 e. The summed E-state index contributed by atoms with van der Waals surface area (Å²) < 4.78 is 13.0. The third-order valence-corrected chi connectivity index (χ3v) is 3.68. The number of methoxy groups -OCH3 is 1. The molecule has 3 rings (SSSR count). The molecule has 0 aliphatic carbocycles. The highest BCUT2D eigenvalue weighted by Crippen LogP contribution is 2.42. The fourth-order valence-electron chi connectivity index (χ4n) is 2.67. The lowest BCUT2D eigenvalue weighted by atomic mass is 9.95. The number of nitrogens with zero attached hydrogens (tertiary/aromatic N) is 2. The Morgan fingerprint density at radius 1 is 1.40 bits per heavy atom. The standard InChI is InChI=1S/C15H18N2O3/c1-9-12(8-17(2)16-9)15-7-13(18)11-5-4-10(19-3)6-14(11)20-15/h4-6,8,13,15,18H,7H2,1-3H3/t13-,15?/m0/s1. The van der Waals surface area contributed by atoms with Crippen LogP contribution in [-0.4, -0.2) is 22.0 Å². The van der Waals surface area contributed by atoms with E-state index in [1.54, 1.807) is 11.8 Å². The van der Waals surface area contributed by atoms with Crippen LogP contribution >= 0.6 is 0 Å². The predicted octanol–water partition coefficient (Wildman–Crippen LogP) is 2.29. The van der Waals surface area contributed by atoms with Crippen molar-refractivity contribution in [3.05, 3.63) is 41.2 Å². The monoisotopic (exact) mass is 274 g/mol. The Labute approximate surface area is 117 Å². The molecule has 1 unspecified atom stereocenters. The smallest absolute Gasteiger partial charge is 0.130 e. The molecule has 1 aliphatic rings. The molecule has 0 bridgehead atoms. The highest BCUT2D eigenvalue weighted by Gasteiger charge is 2.30. The van der Waals surface area contributed by atoms with E-state index in [2.05, 4.69) is 5.10 Å². The van der Waals surface area contributed by atoms with Crippen LogP contribution < -0.4 is 9.47 Å². The molecule has 106 valence electrons. The van der Waals surface area contributed by atoms with Gasteiger partial charge in [-0.3, -0.25) is 4.68 Å². The molecule has 0 spiro atoms. The Kier molecular flexibility index (Phi) is 3.14. The molecule has 5 heteroatoms. The number of hydrogen-bond donors (Lipinski definition) is 1. The number of aliphatic hydroxyl groups is 1. The number of rotatable bonds is 2. The maximum absolute atomic E-state index is 10.3. The second-order valence-corrected chi connectivity index (χ2v) is 5.11. The van der Waals surface area contributed by atoms with E-state index >= 15 is 0 Å². The molecule has 1 N–H and O–H groups in total. The van der Waals surface area contributed by atoms with Gasteiger partial charge in [0.25, 0.3) is 0 Å². The second kappa shape index (κ2) is 4.83. The zero-order chi connectivity index (χ0) is 14.3. The van der Waals surface area contributed by atoms with Crippen molar-refractivity contribution < 1.29 is 14.6 Å². The van der Waals surface area contributed by atoms with Crippen molar-refractivity contribution in [2.75, 3.05) is 7.11 Å². The van der Waals surface area contributed by atoms with Crippen molar-refractivity contribution in [2.24, 2.45) is 7.05 Å². The minimum atomic E-state index is -0.533. The molecule has 2 aromatic rings.